The Kier molecular flexibility index (Phi) is 6.00. The van der Waals surface area contributed by atoms with E-state index < -0.39 is 0 Å². The van der Waals surface area contributed by atoms with Crippen LogP contribution >= 0.6 is 0 Å². The van der Waals surface area contributed by atoms with Gasteiger partial charge < -0.3 is 9.47 Å². The zero-order valence-corrected chi connectivity index (χ0v) is 16.1. The molecule has 1 aliphatic rings. The van der Waals surface area contributed by atoms with E-state index in [0.717, 1.165) is 12.2 Å². The molecular weight excluding hydrogens is 330 g/mol. The first kappa shape index (κ1) is 18.0. The molecule has 140 valence electrons. The molecule has 3 heteroatoms. The predicted molar refractivity (Wildman–Crippen MR) is 113 cm³/mol. The lowest BCUT2D eigenvalue weighted by Gasteiger charge is -2.14. The Morgan fingerprint density at radius 1 is 0.704 bits per heavy atom. The van der Waals surface area contributed by atoms with Crippen molar-refractivity contribution in [3.63, 3.8) is 0 Å². The quantitative estimate of drug-likeness (QED) is 0.496. The van der Waals surface area contributed by atoms with Crippen LogP contribution in [0.3, 0.4) is 0 Å². The van der Waals surface area contributed by atoms with Crippen molar-refractivity contribution in [1.29, 1.82) is 0 Å². The van der Waals surface area contributed by atoms with E-state index in [0.29, 0.717) is 0 Å². The molecule has 0 radical (unpaired) electrons. The number of hydrogen-bond donors (Lipinski definition) is 0. The zero-order chi connectivity index (χ0) is 18.3. The summed E-state index contributed by atoms with van der Waals surface area (Å²) in [5.74, 6) is 0. The van der Waals surface area contributed by atoms with Crippen molar-refractivity contribution in [2.75, 3.05) is 19.6 Å². The first-order chi connectivity index (χ1) is 13.4. The molecule has 0 saturated carbocycles. The second kappa shape index (κ2) is 9.01. The second-order valence-electron chi connectivity index (χ2n) is 7.48. The van der Waals surface area contributed by atoms with Gasteiger partial charge in [0.15, 0.2) is 0 Å². The van der Waals surface area contributed by atoms with Crippen molar-refractivity contribution in [3.05, 3.63) is 67.0 Å². The van der Waals surface area contributed by atoms with Gasteiger partial charge in [0, 0.05) is 17.7 Å². The maximum Gasteiger partial charge on any atom is 0.0963 e. The molecule has 0 aliphatic carbocycles. The first-order valence-corrected chi connectivity index (χ1v) is 10.3. The van der Waals surface area contributed by atoms with Crippen molar-refractivity contribution in [1.82, 2.24) is 14.5 Å². The summed E-state index contributed by atoms with van der Waals surface area (Å²) in [6, 6.07) is 21.2. The number of imidazole rings is 1. The molecule has 2 heterocycles. The number of likely N-dealkylation sites (tertiary alicyclic amines) is 1. The minimum atomic E-state index is 1.03. The highest BCUT2D eigenvalue weighted by molar-refractivity contribution is 5.78. The van der Waals surface area contributed by atoms with Gasteiger partial charge in [0.05, 0.1) is 17.7 Å². The maximum absolute atomic E-state index is 4.78. The Morgan fingerprint density at radius 3 is 2.04 bits per heavy atom. The molecule has 1 aliphatic heterocycles. The van der Waals surface area contributed by atoms with E-state index in [1.54, 1.807) is 0 Å². The highest BCUT2D eigenvalue weighted by Gasteiger charge is 2.15. The lowest BCUT2D eigenvalue weighted by molar-refractivity contribution is 0.327. The topological polar surface area (TPSA) is 21.1 Å². The van der Waals surface area contributed by atoms with Gasteiger partial charge in [-0.1, -0.05) is 67.1 Å². The minimum Gasteiger partial charge on any atom is -0.330 e. The van der Waals surface area contributed by atoms with Crippen LogP contribution in [0.5, 0.6) is 0 Å². The molecule has 0 amide bonds. The number of nitrogens with zero attached hydrogens (tertiary/aromatic N) is 3. The van der Waals surface area contributed by atoms with Crippen molar-refractivity contribution < 1.29 is 0 Å². The van der Waals surface area contributed by atoms with Crippen LogP contribution in [0, 0.1) is 0 Å². The predicted octanol–water partition coefficient (Wildman–Crippen LogP) is 5.48. The number of unbranched alkanes of at least 4 members (excludes halogenated alkanes) is 2. The summed E-state index contributed by atoms with van der Waals surface area (Å²) >= 11 is 0. The Bertz CT molecular complexity index is 817. The average molecular weight is 360 g/mol. The van der Waals surface area contributed by atoms with Gasteiger partial charge in [0.25, 0.3) is 0 Å². The molecule has 0 atom stereocenters. The number of hydrogen-bond acceptors (Lipinski definition) is 2. The Labute approximate surface area is 162 Å². The third-order valence-electron chi connectivity index (χ3n) is 5.50. The molecule has 3 nitrogen and oxygen atoms in total. The number of rotatable bonds is 8. The fourth-order valence-corrected chi connectivity index (χ4v) is 4.06. The maximum atomic E-state index is 4.78. The summed E-state index contributed by atoms with van der Waals surface area (Å²) in [6.07, 6.45) is 8.59. The fourth-order valence-electron chi connectivity index (χ4n) is 4.06. The van der Waals surface area contributed by atoms with Gasteiger partial charge in [-0.25, -0.2) is 4.98 Å². The van der Waals surface area contributed by atoms with E-state index in [1.807, 2.05) is 6.33 Å². The first-order valence-electron chi connectivity index (χ1n) is 10.3. The Balaban J connectivity index is 1.46. The fraction of sp³-hybridized carbons (Fsp3) is 0.375. The standard InChI is InChI=1S/C24H29N3/c1-4-12-21(13-5-1)23-24(22-14-6-2-7-15-22)27(20-25-23)19-9-3-8-16-26-17-10-11-18-26/h1-2,4-7,12-15,20H,3,8-11,16-19H2. The van der Waals surface area contributed by atoms with E-state index in [1.165, 1.54) is 68.6 Å². The molecule has 0 N–H and O–H groups in total. The van der Waals surface area contributed by atoms with Gasteiger partial charge in [-0.15, -0.1) is 0 Å². The van der Waals surface area contributed by atoms with Crippen LogP contribution < -0.4 is 0 Å². The van der Waals surface area contributed by atoms with Crippen LogP contribution in [-0.4, -0.2) is 34.1 Å². The molecule has 1 aromatic heterocycles. The molecule has 0 unspecified atom stereocenters. The van der Waals surface area contributed by atoms with E-state index in [4.69, 9.17) is 4.98 Å². The van der Waals surface area contributed by atoms with E-state index in [-0.39, 0.29) is 0 Å². The third kappa shape index (κ3) is 4.48. The van der Waals surface area contributed by atoms with Crippen LogP contribution in [-0.2, 0) is 6.54 Å². The monoisotopic (exact) mass is 359 g/mol. The highest BCUT2D eigenvalue weighted by atomic mass is 15.1. The summed E-state index contributed by atoms with van der Waals surface area (Å²) < 4.78 is 2.34. The lowest BCUT2D eigenvalue weighted by Crippen LogP contribution is -2.20. The van der Waals surface area contributed by atoms with Crippen molar-refractivity contribution >= 4 is 0 Å². The van der Waals surface area contributed by atoms with E-state index in [2.05, 4.69) is 70.1 Å². The number of aryl methyl sites for hydroxylation is 1. The van der Waals surface area contributed by atoms with Gasteiger partial charge in [-0.2, -0.15) is 0 Å². The van der Waals surface area contributed by atoms with Gasteiger partial charge in [0.1, 0.15) is 0 Å². The Hall–Kier alpha value is -2.39. The van der Waals surface area contributed by atoms with Crippen molar-refractivity contribution in [2.24, 2.45) is 0 Å². The van der Waals surface area contributed by atoms with Gasteiger partial charge in [-0.3, -0.25) is 0 Å². The SMILES string of the molecule is c1ccc(-c2ncn(CCCCCN3CCCC3)c2-c2ccccc2)cc1. The Morgan fingerprint density at radius 2 is 1.33 bits per heavy atom. The van der Waals surface area contributed by atoms with Gasteiger partial charge in [0.2, 0.25) is 0 Å². The highest BCUT2D eigenvalue weighted by Crippen LogP contribution is 2.31. The number of benzene rings is 2. The smallest absolute Gasteiger partial charge is 0.0963 e. The van der Waals surface area contributed by atoms with Crippen LogP contribution in [0.15, 0.2) is 67.0 Å². The molecule has 1 saturated heterocycles. The molecular formula is C24H29N3. The molecule has 3 aromatic rings. The normalized spacial score (nSPS) is 14.7. The van der Waals surface area contributed by atoms with Crippen LogP contribution in [0.4, 0.5) is 0 Å². The second-order valence-corrected chi connectivity index (χ2v) is 7.48. The third-order valence-corrected chi connectivity index (χ3v) is 5.50. The molecule has 1 fully saturated rings. The van der Waals surface area contributed by atoms with Crippen molar-refractivity contribution in [3.8, 4) is 22.5 Å². The molecule has 4 rings (SSSR count). The van der Waals surface area contributed by atoms with Gasteiger partial charge >= 0.3 is 0 Å². The van der Waals surface area contributed by atoms with Crippen LogP contribution in [0.25, 0.3) is 22.5 Å². The lowest BCUT2D eigenvalue weighted by atomic mass is 10.0. The molecule has 27 heavy (non-hydrogen) atoms. The number of aromatic nitrogens is 2. The molecule has 2 aromatic carbocycles. The summed E-state index contributed by atoms with van der Waals surface area (Å²) in [5, 5.41) is 0. The minimum absolute atomic E-state index is 1.03. The van der Waals surface area contributed by atoms with Crippen LogP contribution in [0.1, 0.15) is 32.1 Å². The summed E-state index contributed by atoms with van der Waals surface area (Å²) in [5.41, 5.74) is 4.75. The zero-order valence-electron chi connectivity index (χ0n) is 16.1. The molecule has 0 spiro atoms. The van der Waals surface area contributed by atoms with Crippen molar-refractivity contribution in [2.45, 2.75) is 38.6 Å². The summed E-state index contributed by atoms with van der Waals surface area (Å²) in [6.45, 7) is 4.91. The average Bonchev–Trinajstić information content (AvgIpc) is 3.39. The summed E-state index contributed by atoms with van der Waals surface area (Å²) in [7, 11) is 0. The largest absolute Gasteiger partial charge is 0.330 e. The van der Waals surface area contributed by atoms with Crippen LogP contribution in [0.2, 0.25) is 0 Å². The molecule has 0 bridgehead atoms. The van der Waals surface area contributed by atoms with E-state index >= 15 is 0 Å². The van der Waals surface area contributed by atoms with Gasteiger partial charge in [-0.05, 0) is 45.3 Å². The van der Waals surface area contributed by atoms with E-state index in [9.17, 15) is 0 Å². The summed E-state index contributed by atoms with van der Waals surface area (Å²) in [4.78, 5) is 7.39.